The summed E-state index contributed by atoms with van der Waals surface area (Å²) in [6.45, 7) is -1.79. The molecule has 0 aromatic heterocycles. The minimum Gasteiger partial charge on any atom is -0.493 e. The van der Waals surface area contributed by atoms with Crippen LogP contribution in [0.5, 0.6) is 5.75 Å². The second-order valence-electron chi connectivity index (χ2n) is 7.05. The minimum atomic E-state index is -8.67. The maximum Gasteiger partial charge on any atom is 0.460 e. The Morgan fingerprint density at radius 2 is 0.946 bits per heavy atom. The molecular formula is C17H8ClF17O2. The van der Waals surface area contributed by atoms with Crippen molar-refractivity contribution in [3.05, 3.63) is 29.8 Å². The Balaban J connectivity index is 3.29. The molecular weight excluding hydrogens is 595 g/mol. The van der Waals surface area contributed by atoms with Crippen LogP contribution in [-0.4, -0.2) is 59.5 Å². The highest BCUT2D eigenvalue weighted by Crippen LogP contribution is 2.64. The first kappa shape index (κ1) is 32.8. The normalized spacial score (nSPS) is 15.1. The molecule has 0 saturated heterocycles. The van der Waals surface area contributed by atoms with Crippen molar-refractivity contribution in [1.82, 2.24) is 0 Å². The zero-order valence-electron chi connectivity index (χ0n) is 16.8. The molecule has 20 heteroatoms. The van der Waals surface area contributed by atoms with Crippen LogP contribution in [0.2, 0.25) is 0 Å². The fourth-order valence-electron chi connectivity index (χ4n) is 2.33. The number of benzene rings is 1. The second-order valence-corrected chi connectivity index (χ2v) is 7.39. The monoisotopic (exact) mass is 602 g/mol. The molecule has 214 valence electrons. The van der Waals surface area contributed by atoms with Gasteiger partial charge in [-0.25, -0.2) is 0 Å². The summed E-state index contributed by atoms with van der Waals surface area (Å²) in [6, 6.07) is 3.28. The number of carbonyl (C=O) groups is 1. The van der Waals surface area contributed by atoms with E-state index in [1.165, 1.54) is 0 Å². The van der Waals surface area contributed by atoms with Gasteiger partial charge in [0.1, 0.15) is 5.75 Å². The van der Waals surface area contributed by atoms with Crippen LogP contribution in [0.4, 0.5) is 74.6 Å². The molecule has 0 radical (unpaired) electrons. The van der Waals surface area contributed by atoms with E-state index in [9.17, 15) is 79.4 Å². The number of halogens is 18. The lowest BCUT2D eigenvalue weighted by Gasteiger charge is -2.42. The lowest BCUT2D eigenvalue weighted by Crippen LogP contribution is -2.74. The molecule has 0 spiro atoms. The largest absolute Gasteiger partial charge is 0.493 e. The molecule has 0 N–H and O–H groups in total. The molecule has 0 saturated carbocycles. The topological polar surface area (TPSA) is 26.3 Å². The van der Waals surface area contributed by atoms with E-state index < -0.39 is 71.7 Å². The zero-order chi connectivity index (χ0) is 29.7. The molecule has 0 amide bonds. The second kappa shape index (κ2) is 9.52. The van der Waals surface area contributed by atoms with Gasteiger partial charge in [-0.1, -0.05) is 0 Å². The molecule has 2 nitrogen and oxygen atoms in total. The van der Waals surface area contributed by atoms with Gasteiger partial charge in [0.25, 0.3) is 5.24 Å². The fourth-order valence-corrected chi connectivity index (χ4v) is 2.46. The summed E-state index contributed by atoms with van der Waals surface area (Å²) >= 11 is 5.06. The molecule has 0 heterocycles. The Kier molecular flexibility index (Phi) is 8.44. The first-order valence-corrected chi connectivity index (χ1v) is 9.15. The van der Waals surface area contributed by atoms with Gasteiger partial charge in [-0.15, -0.1) is 0 Å². The van der Waals surface area contributed by atoms with E-state index in [1.54, 1.807) is 0 Å². The average molecular weight is 603 g/mol. The molecule has 1 aromatic carbocycles. The van der Waals surface area contributed by atoms with E-state index in [2.05, 4.69) is 4.74 Å². The predicted molar refractivity (Wildman–Crippen MR) is 87.4 cm³/mol. The molecule has 0 aliphatic heterocycles. The molecule has 0 bridgehead atoms. The van der Waals surface area contributed by atoms with Crippen LogP contribution in [0.15, 0.2) is 24.3 Å². The third-order valence-corrected chi connectivity index (χ3v) is 4.77. The van der Waals surface area contributed by atoms with Crippen molar-refractivity contribution in [2.45, 2.75) is 54.1 Å². The molecule has 0 aliphatic rings. The van der Waals surface area contributed by atoms with E-state index in [4.69, 9.17) is 11.6 Å². The summed E-state index contributed by atoms with van der Waals surface area (Å²) < 4.78 is 228. The van der Waals surface area contributed by atoms with Crippen LogP contribution in [0, 0.1) is 0 Å². The maximum atomic E-state index is 13.7. The summed E-state index contributed by atoms with van der Waals surface area (Å²) in [5, 5.41) is -1.05. The van der Waals surface area contributed by atoms with E-state index in [-0.39, 0.29) is 5.56 Å². The van der Waals surface area contributed by atoms with E-state index in [0.717, 1.165) is 24.3 Å². The summed E-state index contributed by atoms with van der Waals surface area (Å²) in [7, 11) is 0. The minimum absolute atomic E-state index is 0.221. The quantitative estimate of drug-likeness (QED) is 0.191. The highest BCUT2D eigenvalue weighted by Gasteiger charge is 2.95. The molecule has 1 aromatic rings. The third-order valence-electron chi connectivity index (χ3n) is 4.55. The van der Waals surface area contributed by atoms with Crippen LogP contribution >= 0.6 is 11.6 Å². The number of carbonyl (C=O) groups excluding carboxylic acids is 1. The smallest absolute Gasteiger partial charge is 0.460 e. The lowest BCUT2D eigenvalue weighted by molar-refractivity contribution is -0.461. The third kappa shape index (κ3) is 5.10. The summed E-state index contributed by atoms with van der Waals surface area (Å²) in [5.41, 5.74) is -0.221. The molecule has 0 fully saturated rings. The number of alkyl halides is 17. The lowest BCUT2D eigenvalue weighted by atomic mass is 9.88. The van der Waals surface area contributed by atoms with Crippen molar-refractivity contribution >= 4 is 16.8 Å². The zero-order valence-corrected chi connectivity index (χ0v) is 17.6. The van der Waals surface area contributed by atoms with Crippen LogP contribution in [0.25, 0.3) is 0 Å². The van der Waals surface area contributed by atoms with Crippen molar-refractivity contribution < 1.29 is 84.2 Å². The van der Waals surface area contributed by atoms with Gasteiger partial charge in [-0.2, -0.15) is 74.6 Å². The molecule has 0 unspecified atom stereocenters. The SMILES string of the molecule is O=C(Cl)c1ccc(OCCC(F)(F)C(F)(F)C(F)(F)C(F)(F)C(F)(F)C(F)(F)C(F)(F)C(F)(F)F)cc1. The van der Waals surface area contributed by atoms with Gasteiger partial charge in [-0.05, 0) is 35.9 Å². The van der Waals surface area contributed by atoms with Gasteiger partial charge >= 0.3 is 47.6 Å². The number of rotatable bonds is 11. The van der Waals surface area contributed by atoms with Gasteiger partial charge in [0.15, 0.2) is 0 Å². The fraction of sp³-hybridized carbons (Fsp3) is 0.588. The highest BCUT2D eigenvalue weighted by atomic mass is 35.5. The average Bonchev–Trinajstić information content (AvgIpc) is 2.72. The van der Waals surface area contributed by atoms with Crippen molar-refractivity contribution in [1.29, 1.82) is 0 Å². The van der Waals surface area contributed by atoms with E-state index in [0.29, 0.717) is 0 Å². The Hall–Kier alpha value is -2.21. The summed E-state index contributed by atoms with van der Waals surface area (Å²) in [5.74, 6) is -57.2. The first-order chi connectivity index (χ1) is 16.1. The summed E-state index contributed by atoms with van der Waals surface area (Å²) in [6.07, 6.45) is -10.5. The molecule has 37 heavy (non-hydrogen) atoms. The highest BCUT2D eigenvalue weighted by molar-refractivity contribution is 6.67. The van der Waals surface area contributed by atoms with Gasteiger partial charge < -0.3 is 4.74 Å². The Labute approximate surface area is 198 Å². The molecule has 0 atom stereocenters. The van der Waals surface area contributed by atoms with Crippen LogP contribution in [0.3, 0.4) is 0 Å². The van der Waals surface area contributed by atoms with Gasteiger partial charge in [0, 0.05) is 5.56 Å². The van der Waals surface area contributed by atoms with Crippen LogP contribution in [-0.2, 0) is 0 Å². The first-order valence-electron chi connectivity index (χ1n) is 8.77. The molecule has 0 aliphatic carbocycles. The Bertz CT molecular complexity index is 969. The van der Waals surface area contributed by atoms with E-state index in [1.807, 2.05) is 0 Å². The predicted octanol–water partition coefficient (Wildman–Crippen LogP) is 7.84. The maximum absolute atomic E-state index is 13.7. The van der Waals surface area contributed by atoms with Gasteiger partial charge in [0.2, 0.25) is 0 Å². The van der Waals surface area contributed by atoms with Gasteiger partial charge in [-0.3, -0.25) is 4.79 Å². The van der Waals surface area contributed by atoms with Crippen molar-refractivity contribution in [2.75, 3.05) is 6.61 Å². The van der Waals surface area contributed by atoms with Crippen LogP contribution in [0.1, 0.15) is 16.8 Å². The van der Waals surface area contributed by atoms with Gasteiger partial charge in [0.05, 0.1) is 13.0 Å². The standard InChI is InChI=1S/C17H8ClF17O2/c18-9(36)7-1-3-8(4-2-7)37-6-5-10(19,20)11(21,22)12(23,24)13(25,26)14(27,28)15(29,30)16(31,32)17(33,34)35/h1-4H,5-6H2. The Morgan fingerprint density at radius 1 is 0.595 bits per heavy atom. The number of hydrogen-bond acceptors (Lipinski definition) is 2. The van der Waals surface area contributed by atoms with Crippen molar-refractivity contribution in [2.24, 2.45) is 0 Å². The molecule has 1 rings (SSSR count). The summed E-state index contributed by atoms with van der Waals surface area (Å²) in [4.78, 5) is 10.8. The van der Waals surface area contributed by atoms with Crippen LogP contribution < -0.4 is 4.74 Å². The number of hydrogen-bond donors (Lipinski definition) is 0. The van der Waals surface area contributed by atoms with Crippen molar-refractivity contribution in [3.63, 3.8) is 0 Å². The van der Waals surface area contributed by atoms with Crippen molar-refractivity contribution in [3.8, 4) is 5.75 Å². The number of ether oxygens (including phenoxy) is 1. The van der Waals surface area contributed by atoms with E-state index >= 15 is 0 Å². The Morgan fingerprint density at radius 3 is 1.30 bits per heavy atom.